The van der Waals surface area contributed by atoms with Gasteiger partial charge in [0.05, 0.1) is 40.4 Å². The molecule has 0 amide bonds. The summed E-state index contributed by atoms with van der Waals surface area (Å²) in [6.45, 7) is 9.65. The van der Waals surface area contributed by atoms with Crippen LogP contribution in [-0.2, 0) is 14.8 Å². The molecular weight excluding hydrogens is 619 g/mol. The van der Waals surface area contributed by atoms with Crippen LogP contribution in [0.25, 0.3) is 49.3 Å². The Balaban J connectivity index is 1.69. The number of benzene rings is 4. The Labute approximate surface area is 262 Å². The largest absolute Gasteiger partial charge is 0.465 e. The Morgan fingerprint density at radius 1 is 0.955 bits per heavy atom. The Bertz CT molecular complexity index is 2250. The lowest BCUT2D eigenvalue weighted by atomic mass is 9.96. The molecular formula is C34H22ClFN2O4S2. The van der Waals surface area contributed by atoms with Crippen molar-refractivity contribution in [1.29, 1.82) is 0 Å². The van der Waals surface area contributed by atoms with E-state index in [1.807, 2.05) is 19.1 Å². The fourth-order valence-electron chi connectivity index (χ4n) is 5.23. The number of esters is 1. The minimum absolute atomic E-state index is 0.0641. The van der Waals surface area contributed by atoms with Gasteiger partial charge in [0.1, 0.15) is 5.82 Å². The molecule has 0 fully saturated rings. The van der Waals surface area contributed by atoms with Crippen LogP contribution in [-0.4, -0.2) is 25.5 Å². The molecule has 0 N–H and O–H groups in total. The number of methoxy groups -OCH3 is 1. The van der Waals surface area contributed by atoms with Gasteiger partial charge < -0.3 is 4.74 Å². The van der Waals surface area contributed by atoms with E-state index in [1.54, 1.807) is 66.0 Å². The summed E-state index contributed by atoms with van der Waals surface area (Å²) in [4.78, 5) is 15.8. The quantitative estimate of drug-likeness (QED) is 0.134. The average Bonchev–Trinajstić information content (AvgIpc) is 3.63. The molecule has 4 aromatic carbocycles. The molecule has 0 aliphatic carbocycles. The molecule has 0 atom stereocenters. The third-order valence-electron chi connectivity index (χ3n) is 7.31. The maximum atomic E-state index is 14.8. The van der Waals surface area contributed by atoms with Gasteiger partial charge in [-0.15, -0.1) is 0 Å². The molecule has 0 unspecified atom stereocenters. The second kappa shape index (κ2) is 11.4. The van der Waals surface area contributed by atoms with Gasteiger partial charge in [-0.1, -0.05) is 59.6 Å². The van der Waals surface area contributed by atoms with Crippen molar-refractivity contribution >= 4 is 54.8 Å². The van der Waals surface area contributed by atoms with Crippen LogP contribution in [0.5, 0.6) is 0 Å². The highest BCUT2D eigenvalue weighted by Gasteiger charge is 2.30. The van der Waals surface area contributed by atoms with Crippen LogP contribution >= 0.6 is 22.9 Å². The van der Waals surface area contributed by atoms with Crippen molar-refractivity contribution in [3.05, 3.63) is 130 Å². The molecule has 6 rings (SSSR count). The molecule has 218 valence electrons. The summed E-state index contributed by atoms with van der Waals surface area (Å²) in [7, 11) is -2.94. The Morgan fingerprint density at radius 2 is 1.68 bits per heavy atom. The van der Waals surface area contributed by atoms with Crippen molar-refractivity contribution in [3.63, 3.8) is 0 Å². The topological polar surface area (TPSA) is 69.7 Å². The molecule has 6 nitrogen and oxygen atoms in total. The van der Waals surface area contributed by atoms with Gasteiger partial charge in [-0.05, 0) is 72.0 Å². The fourth-order valence-corrected chi connectivity index (χ4v) is 7.72. The number of rotatable bonds is 6. The lowest BCUT2D eigenvalue weighted by molar-refractivity contribution is 0.0601. The summed E-state index contributed by atoms with van der Waals surface area (Å²) in [5, 5.41) is 2.66. The maximum absolute atomic E-state index is 14.8. The molecule has 0 aliphatic heterocycles. The van der Waals surface area contributed by atoms with Gasteiger partial charge in [0, 0.05) is 22.1 Å². The second-order valence-corrected chi connectivity index (χ2v) is 13.1. The monoisotopic (exact) mass is 640 g/mol. The predicted octanol–water partition coefficient (Wildman–Crippen LogP) is 9.38. The number of carbonyl (C=O) groups is 1. The molecule has 0 saturated heterocycles. The zero-order valence-electron chi connectivity index (χ0n) is 23.3. The van der Waals surface area contributed by atoms with Crippen molar-refractivity contribution in [2.75, 3.05) is 7.11 Å². The summed E-state index contributed by atoms with van der Waals surface area (Å²) in [6.07, 6.45) is 0. The van der Waals surface area contributed by atoms with Gasteiger partial charge in [0.15, 0.2) is 0 Å². The molecule has 2 heterocycles. The number of thiophene rings is 1. The van der Waals surface area contributed by atoms with Crippen molar-refractivity contribution in [1.82, 2.24) is 3.97 Å². The third kappa shape index (κ3) is 4.97. The standard InChI is InChI=1S/C34H22ClFN2O4S2/c1-20-7-11-25(12-8-20)44(40,41)38-30-14-10-24(36)19-28(30)31(27-15-16-43-33(27)37-2)32(38)23-6-4-5-21(17-23)22-9-13-26(29(35)18-22)34(39)42-3/h4-19H,1,3H3. The van der Waals surface area contributed by atoms with Crippen LogP contribution in [0.1, 0.15) is 15.9 Å². The SMILES string of the molecule is [C-]#[N+]c1sccc1-c1c(-c2cccc(-c3ccc(C(=O)OC)c(Cl)c3)c2)n(S(=O)(=O)c2ccc(C)cc2)c2ccc(F)cc12. The fraction of sp³-hybridized carbons (Fsp3) is 0.0588. The van der Waals surface area contributed by atoms with E-state index in [9.17, 15) is 17.6 Å². The molecule has 0 spiro atoms. The number of aryl methyl sites for hydroxylation is 1. The number of hydrogen-bond acceptors (Lipinski definition) is 5. The van der Waals surface area contributed by atoms with Crippen LogP contribution < -0.4 is 0 Å². The van der Waals surface area contributed by atoms with E-state index in [0.717, 1.165) is 5.56 Å². The number of aromatic nitrogens is 1. The van der Waals surface area contributed by atoms with Crippen molar-refractivity contribution in [3.8, 4) is 33.5 Å². The molecule has 0 aliphatic rings. The van der Waals surface area contributed by atoms with Gasteiger partial charge in [0.2, 0.25) is 5.00 Å². The lowest BCUT2D eigenvalue weighted by Crippen LogP contribution is -2.14. The van der Waals surface area contributed by atoms with E-state index < -0.39 is 21.8 Å². The first-order valence-corrected chi connectivity index (χ1v) is 15.9. The summed E-state index contributed by atoms with van der Waals surface area (Å²) in [5.41, 5.74) is 4.49. The van der Waals surface area contributed by atoms with Crippen molar-refractivity contribution in [2.24, 2.45) is 0 Å². The van der Waals surface area contributed by atoms with Crippen LogP contribution in [0.2, 0.25) is 5.02 Å². The summed E-state index contributed by atoms with van der Waals surface area (Å²) in [6, 6.07) is 24.4. The highest BCUT2D eigenvalue weighted by Crippen LogP contribution is 2.48. The number of fused-ring (bicyclic) bond motifs is 1. The van der Waals surface area contributed by atoms with E-state index in [-0.39, 0.29) is 26.7 Å². The van der Waals surface area contributed by atoms with Crippen LogP contribution in [0.4, 0.5) is 9.39 Å². The number of carbonyl (C=O) groups excluding carboxylic acids is 1. The average molecular weight is 641 g/mol. The normalized spacial score (nSPS) is 11.4. The van der Waals surface area contributed by atoms with E-state index in [4.69, 9.17) is 22.9 Å². The molecule has 2 aromatic heterocycles. The van der Waals surface area contributed by atoms with Crippen LogP contribution in [0, 0.1) is 19.3 Å². The molecule has 0 saturated carbocycles. The first kappa shape index (κ1) is 29.3. The third-order valence-corrected chi connectivity index (χ3v) is 10.2. The van der Waals surface area contributed by atoms with Gasteiger partial charge in [-0.2, -0.15) is 11.3 Å². The number of ether oxygens (including phenoxy) is 1. The van der Waals surface area contributed by atoms with Gasteiger partial charge in [-0.3, -0.25) is 0 Å². The molecule has 0 bridgehead atoms. The number of hydrogen-bond donors (Lipinski definition) is 0. The highest BCUT2D eigenvalue weighted by molar-refractivity contribution is 7.90. The summed E-state index contributed by atoms with van der Waals surface area (Å²) < 4.78 is 49.8. The van der Waals surface area contributed by atoms with Crippen molar-refractivity contribution < 1.29 is 22.3 Å². The first-order chi connectivity index (χ1) is 21.1. The highest BCUT2D eigenvalue weighted by atomic mass is 35.5. The van der Waals surface area contributed by atoms with Gasteiger partial charge in [0.25, 0.3) is 10.0 Å². The van der Waals surface area contributed by atoms with E-state index in [0.29, 0.717) is 38.2 Å². The van der Waals surface area contributed by atoms with E-state index >= 15 is 0 Å². The molecule has 0 radical (unpaired) electrons. The molecule has 44 heavy (non-hydrogen) atoms. The zero-order valence-corrected chi connectivity index (χ0v) is 25.7. The van der Waals surface area contributed by atoms with Gasteiger partial charge in [-0.25, -0.2) is 26.4 Å². The van der Waals surface area contributed by atoms with Crippen molar-refractivity contribution in [2.45, 2.75) is 11.8 Å². The van der Waals surface area contributed by atoms with E-state index in [2.05, 4.69) is 4.85 Å². The molecule has 6 aromatic rings. The Hall–Kier alpha value is -4.75. The molecule has 10 heteroatoms. The summed E-state index contributed by atoms with van der Waals surface area (Å²) in [5.74, 6) is -1.10. The second-order valence-electron chi connectivity index (χ2n) is 9.99. The number of nitrogens with zero attached hydrogens (tertiary/aromatic N) is 2. The number of halogens is 2. The minimum Gasteiger partial charge on any atom is -0.465 e. The van der Waals surface area contributed by atoms with E-state index in [1.165, 1.54) is 40.6 Å². The predicted molar refractivity (Wildman–Crippen MR) is 172 cm³/mol. The smallest absolute Gasteiger partial charge is 0.339 e. The summed E-state index contributed by atoms with van der Waals surface area (Å²) >= 11 is 7.65. The maximum Gasteiger partial charge on any atom is 0.339 e. The van der Waals surface area contributed by atoms with Gasteiger partial charge >= 0.3 is 5.97 Å². The first-order valence-electron chi connectivity index (χ1n) is 13.2. The zero-order chi connectivity index (χ0) is 31.2. The Morgan fingerprint density at radius 3 is 2.39 bits per heavy atom. The lowest BCUT2D eigenvalue weighted by Gasteiger charge is -2.15. The van der Waals surface area contributed by atoms with Crippen LogP contribution in [0.15, 0.2) is 101 Å². The minimum atomic E-state index is -4.22. The Kier molecular flexibility index (Phi) is 7.59. The van der Waals surface area contributed by atoms with Crippen LogP contribution in [0.3, 0.4) is 0 Å².